The Morgan fingerprint density at radius 1 is 0.889 bits per heavy atom. The Morgan fingerprint density at radius 3 is 2.61 bits per heavy atom. The maximum Gasteiger partial charge on any atom is 0.0372 e. The van der Waals surface area contributed by atoms with Crippen LogP contribution in [0.25, 0.3) is 0 Å². The van der Waals surface area contributed by atoms with E-state index in [-0.39, 0.29) is 0 Å². The molecular weight excluding hydrogens is 218 g/mol. The Hall–Kier alpha value is -1.76. The summed E-state index contributed by atoms with van der Waals surface area (Å²) in [7, 11) is 0. The summed E-state index contributed by atoms with van der Waals surface area (Å²) < 4.78 is 0. The first kappa shape index (κ1) is 11.3. The molecule has 1 nitrogen and oxygen atoms in total. The molecule has 0 spiro atoms. The SMILES string of the molecule is c1ccc(CCc2ccc3c(c2)CCCN3)cc1. The number of aryl methyl sites for hydroxylation is 3. The van der Waals surface area contributed by atoms with Gasteiger partial charge in [-0.1, -0.05) is 42.5 Å². The lowest BCUT2D eigenvalue weighted by atomic mass is 9.97. The minimum absolute atomic E-state index is 1.12. The zero-order chi connectivity index (χ0) is 12.2. The summed E-state index contributed by atoms with van der Waals surface area (Å²) in [6, 6.07) is 17.6. The summed E-state index contributed by atoms with van der Waals surface area (Å²) in [5.41, 5.74) is 5.71. The molecule has 3 rings (SSSR count). The van der Waals surface area contributed by atoms with Crippen LogP contribution in [0.1, 0.15) is 23.1 Å². The van der Waals surface area contributed by atoms with Gasteiger partial charge in [-0.25, -0.2) is 0 Å². The third-order valence-corrected chi connectivity index (χ3v) is 3.65. The van der Waals surface area contributed by atoms with Crippen molar-refractivity contribution in [2.24, 2.45) is 0 Å². The van der Waals surface area contributed by atoms with Gasteiger partial charge in [-0.05, 0) is 48.4 Å². The van der Waals surface area contributed by atoms with E-state index in [1.165, 1.54) is 35.2 Å². The molecule has 18 heavy (non-hydrogen) atoms. The Morgan fingerprint density at radius 2 is 1.72 bits per heavy atom. The van der Waals surface area contributed by atoms with E-state index in [0.717, 1.165) is 19.4 Å². The molecule has 2 aromatic rings. The van der Waals surface area contributed by atoms with Crippen molar-refractivity contribution >= 4 is 5.69 Å². The summed E-state index contributed by atoms with van der Waals surface area (Å²) in [6.07, 6.45) is 4.75. The zero-order valence-electron chi connectivity index (χ0n) is 10.7. The van der Waals surface area contributed by atoms with Crippen molar-refractivity contribution < 1.29 is 0 Å². The van der Waals surface area contributed by atoms with Crippen LogP contribution in [0, 0.1) is 0 Å². The highest BCUT2D eigenvalue weighted by atomic mass is 14.9. The Labute approximate surface area is 109 Å². The summed E-state index contributed by atoms with van der Waals surface area (Å²) in [5, 5.41) is 3.46. The lowest BCUT2D eigenvalue weighted by molar-refractivity contribution is 0.825. The average Bonchev–Trinajstić information content (AvgIpc) is 2.46. The molecule has 0 unspecified atom stereocenters. The number of nitrogens with one attached hydrogen (secondary N) is 1. The van der Waals surface area contributed by atoms with Crippen LogP contribution in [0.3, 0.4) is 0 Å². The van der Waals surface area contributed by atoms with Crippen LogP contribution in [0.2, 0.25) is 0 Å². The van der Waals surface area contributed by atoms with Crippen LogP contribution < -0.4 is 5.32 Å². The third-order valence-electron chi connectivity index (χ3n) is 3.65. The normalized spacial score (nSPS) is 13.8. The highest BCUT2D eigenvalue weighted by Crippen LogP contribution is 2.23. The van der Waals surface area contributed by atoms with E-state index < -0.39 is 0 Å². The van der Waals surface area contributed by atoms with Gasteiger partial charge in [-0.3, -0.25) is 0 Å². The average molecular weight is 237 g/mol. The maximum atomic E-state index is 3.46. The number of hydrogen-bond acceptors (Lipinski definition) is 1. The van der Waals surface area contributed by atoms with E-state index >= 15 is 0 Å². The minimum atomic E-state index is 1.12. The fraction of sp³-hybridized carbons (Fsp3) is 0.294. The van der Waals surface area contributed by atoms with Gasteiger partial charge in [0, 0.05) is 12.2 Å². The van der Waals surface area contributed by atoms with E-state index in [1.807, 2.05) is 0 Å². The largest absolute Gasteiger partial charge is 0.385 e. The summed E-state index contributed by atoms with van der Waals surface area (Å²) in [4.78, 5) is 0. The quantitative estimate of drug-likeness (QED) is 0.855. The van der Waals surface area contributed by atoms with Crippen LogP contribution in [-0.4, -0.2) is 6.54 Å². The molecule has 0 bridgehead atoms. The molecular formula is C17H19N. The predicted octanol–water partition coefficient (Wildman–Crippen LogP) is 3.83. The molecule has 1 N–H and O–H groups in total. The number of rotatable bonds is 3. The fourth-order valence-electron chi connectivity index (χ4n) is 2.62. The van der Waals surface area contributed by atoms with E-state index in [4.69, 9.17) is 0 Å². The first-order valence-corrected chi connectivity index (χ1v) is 6.81. The fourth-order valence-corrected chi connectivity index (χ4v) is 2.62. The van der Waals surface area contributed by atoms with Crippen LogP contribution >= 0.6 is 0 Å². The zero-order valence-corrected chi connectivity index (χ0v) is 10.7. The second kappa shape index (κ2) is 5.26. The van der Waals surface area contributed by atoms with E-state index in [2.05, 4.69) is 53.8 Å². The van der Waals surface area contributed by atoms with Crippen molar-refractivity contribution in [1.82, 2.24) is 0 Å². The van der Waals surface area contributed by atoms with Crippen LogP contribution in [-0.2, 0) is 19.3 Å². The number of benzene rings is 2. The molecule has 1 aliphatic heterocycles. The first-order chi connectivity index (χ1) is 8.92. The summed E-state index contributed by atoms with van der Waals surface area (Å²) in [6.45, 7) is 1.12. The number of hydrogen-bond donors (Lipinski definition) is 1. The molecule has 0 radical (unpaired) electrons. The summed E-state index contributed by atoms with van der Waals surface area (Å²) in [5.74, 6) is 0. The molecule has 2 aromatic carbocycles. The van der Waals surface area contributed by atoms with Crippen molar-refractivity contribution in [3.05, 3.63) is 65.2 Å². The van der Waals surface area contributed by atoms with E-state index in [1.54, 1.807) is 0 Å². The van der Waals surface area contributed by atoms with Crippen molar-refractivity contribution in [1.29, 1.82) is 0 Å². The van der Waals surface area contributed by atoms with Gasteiger partial charge in [0.15, 0.2) is 0 Å². The molecule has 92 valence electrons. The molecule has 0 aromatic heterocycles. The Bertz CT molecular complexity index is 516. The van der Waals surface area contributed by atoms with Crippen molar-refractivity contribution in [3.63, 3.8) is 0 Å². The van der Waals surface area contributed by atoms with Crippen LogP contribution in [0.4, 0.5) is 5.69 Å². The second-order valence-corrected chi connectivity index (χ2v) is 5.01. The molecule has 0 amide bonds. The smallest absolute Gasteiger partial charge is 0.0372 e. The Balaban J connectivity index is 1.70. The second-order valence-electron chi connectivity index (χ2n) is 5.01. The van der Waals surface area contributed by atoms with E-state index in [0.29, 0.717) is 0 Å². The monoisotopic (exact) mass is 237 g/mol. The van der Waals surface area contributed by atoms with Crippen molar-refractivity contribution in [2.75, 3.05) is 11.9 Å². The van der Waals surface area contributed by atoms with Gasteiger partial charge in [-0.15, -0.1) is 0 Å². The molecule has 0 atom stereocenters. The van der Waals surface area contributed by atoms with Crippen LogP contribution in [0.15, 0.2) is 48.5 Å². The molecule has 0 fully saturated rings. The van der Waals surface area contributed by atoms with Gasteiger partial charge < -0.3 is 5.32 Å². The summed E-state index contributed by atoms with van der Waals surface area (Å²) >= 11 is 0. The highest BCUT2D eigenvalue weighted by Gasteiger charge is 2.08. The van der Waals surface area contributed by atoms with E-state index in [9.17, 15) is 0 Å². The van der Waals surface area contributed by atoms with Gasteiger partial charge in [0.05, 0.1) is 0 Å². The standard InChI is InChI=1S/C17H19N/c1-2-5-14(6-3-1)8-9-15-10-11-17-16(13-15)7-4-12-18-17/h1-3,5-6,10-11,13,18H,4,7-9,12H2. The lowest BCUT2D eigenvalue weighted by Gasteiger charge is -2.18. The number of fused-ring (bicyclic) bond motifs is 1. The molecule has 0 saturated heterocycles. The van der Waals surface area contributed by atoms with Crippen LogP contribution in [0.5, 0.6) is 0 Å². The third kappa shape index (κ3) is 2.56. The molecule has 1 aliphatic rings. The molecule has 0 aliphatic carbocycles. The minimum Gasteiger partial charge on any atom is -0.385 e. The molecule has 1 heterocycles. The molecule has 0 saturated carbocycles. The number of anilines is 1. The highest BCUT2D eigenvalue weighted by molar-refractivity contribution is 5.54. The van der Waals surface area contributed by atoms with Gasteiger partial charge in [0.25, 0.3) is 0 Å². The topological polar surface area (TPSA) is 12.0 Å². The van der Waals surface area contributed by atoms with Gasteiger partial charge in [0.2, 0.25) is 0 Å². The Kier molecular flexibility index (Phi) is 3.31. The first-order valence-electron chi connectivity index (χ1n) is 6.81. The molecule has 1 heteroatoms. The predicted molar refractivity (Wildman–Crippen MR) is 77.1 cm³/mol. The lowest BCUT2D eigenvalue weighted by Crippen LogP contribution is -2.11. The maximum absolute atomic E-state index is 3.46. The van der Waals surface area contributed by atoms with Crippen molar-refractivity contribution in [3.8, 4) is 0 Å². The van der Waals surface area contributed by atoms with Gasteiger partial charge >= 0.3 is 0 Å². The van der Waals surface area contributed by atoms with Gasteiger partial charge in [0.1, 0.15) is 0 Å². The van der Waals surface area contributed by atoms with Gasteiger partial charge in [-0.2, -0.15) is 0 Å². The van der Waals surface area contributed by atoms with Crippen molar-refractivity contribution in [2.45, 2.75) is 25.7 Å².